The lowest BCUT2D eigenvalue weighted by molar-refractivity contribution is -0.123. The van der Waals surface area contributed by atoms with Crippen LogP contribution >= 0.6 is 0 Å². The number of hydrogen-bond donors (Lipinski definition) is 2. The molecule has 0 radical (unpaired) electrons. The summed E-state index contributed by atoms with van der Waals surface area (Å²) in [5, 5.41) is 16.9. The third kappa shape index (κ3) is 13.8. The van der Waals surface area contributed by atoms with Crippen molar-refractivity contribution >= 4 is 0 Å². The molecule has 0 aromatic rings. The van der Waals surface area contributed by atoms with Crippen LogP contribution in [0.5, 0.6) is 0 Å². The van der Waals surface area contributed by atoms with Gasteiger partial charge in [-0.2, -0.15) is 0 Å². The van der Waals surface area contributed by atoms with Crippen LogP contribution in [0.1, 0.15) is 41.5 Å². The molecular formula is C11H26O4. The molecule has 0 unspecified atom stereocenters. The Morgan fingerprint density at radius 3 is 1.40 bits per heavy atom. The van der Waals surface area contributed by atoms with Crippen molar-refractivity contribution in [3.8, 4) is 0 Å². The normalized spacial score (nSPS) is 11.6. The zero-order valence-corrected chi connectivity index (χ0v) is 10.8. The van der Waals surface area contributed by atoms with Crippen LogP contribution in [0.2, 0.25) is 0 Å². The Morgan fingerprint density at radius 1 is 1.00 bits per heavy atom. The van der Waals surface area contributed by atoms with Gasteiger partial charge >= 0.3 is 0 Å². The fraction of sp³-hybridized carbons (Fsp3) is 1.00. The maximum atomic E-state index is 8.44. The van der Waals surface area contributed by atoms with E-state index in [1.54, 1.807) is 20.8 Å². The minimum Gasteiger partial charge on any atom is -0.368 e. The number of rotatable bonds is 4. The third-order valence-electron chi connectivity index (χ3n) is 1.58. The number of aliphatic hydroxyl groups is 2. The van der Waals surface area contributed by atoms with Gasteiger partial charge in [0.1, 0.15) is 0 Å². The minimum absolute atomic E-state index is 0.0370. The summed E-state index contributed by atoms with van der Waals surface area (Å²) in [6, 6.07) is 0. The predicted octanol–water partition coefficient (Wildman–Crippen LogP) is 1.75. The van der Waals surface area contributed by atoms with Crippen LogP contribution in [0.3, 0.4) is 0 Å². The summed E-state index contributed by atoms with van der Waals surface area (Å²) in [6.45, 7) is 12.5. The predicted molar refractivity (Wildman–Crippen MR) is 60.4 cm³/mol. The van der Waals surface area contributed by atoms with E-state index in [0.29, 0.717) is 0 Å². The molecule has 0 aromatic heterocycles. The van der Waals surface area contributed by atoms with Crippen molar-refractivity contribution in [2.45, 2.75) is 54.1 Å². The highest BCUT2D eigenvalue weighted by Crippen LogP contribution is 2.15. The molecule has 4 heteroatoms. The molecule has 0 fully saturated rings. The molecule has 0 spiro atoms. The van der Waals surface area contributed by atoms with E-state index in [4.69, 9.17) is 19.7 Å². The van der Waals surface area contributed by atoms with Gasteiger partial charge in [-0.3, -0.25) is 0 Å². The largest absolute Gasteiger partial charge is 0.368 e. The van der Waals surface area contributed by atoms with Gasteiger partial charge in [0.15, 0.2) is 12.6 Å². The highest BCUT2D eigenvalue weighted by atomic mass is 16.7. The molecule has 4 nitrogen and oxygen atoms in total. The van der Waals surface area contributed by atoms with Crippen LogP contribution in [-0.4, -0.2) is 36.0 Å². The molecule has 0 aromatic carbocycles. The van der Waals surface area contributed by atoms with Crippen molar-refractivity contribution in [3.05, 3.63) is 0 Å². The Kier molecular flexibility index (Phi) is 10.5. The molecule has 0 atom stereocenters. The van der Waals surface area contributed by atoms with E-state index in [-0.39, 0.29) is 11.7 Å². The molecule has 0 bridgehead atoms. The molecular weight excluding hydrogens is 196 g/mol. The molecule has 0 rings (SSSR count). The zero-order valence-electron chi connectivity index (χ0n) is 10.8. The number of hydrogen-bond acceptors (Lipinski definition) is 4. The monoisotopic (exact) mass is 222 g/mol. The molecule has 0 amide bonds. The van der Waals surface area contributed by atoms with E-state index in [1.165, 1.54) is 0 Å². The fourth-order valence-corrected chi connectivity index (χ4v) is 0.518. The van der Waals surface area contributed by atoms with E-state index >= 15 is 0 Å². The Labute approximate surface area is 93.2 Å². The first-order chi connectivity index (χ1) is 6.75. The summed E-state index contributed by atoms with van der Waals surface area (Å²) < 4.78 is 10.1. The number of ether oxygens (including phenoxy) is 2. The van der Waals surface area contributed by atoms with E-state index in [1.807, 2.05) is 20.8 Å². The molecule has 94 valence electrons. The third-order valence-corrected chi connectivity index (χ3v) is 1.58. The van der Waals surface area contributed by atoms with E-state index < -0.39 is 6.29 Å². The molecule has 15 heavy (non-hydrogen) atoms. The van der Waals surface area contributed by atoms with Gasteiger partial charge in [-0.05, 0) is 20.8 Å². The Bertz CT molecular complexity index is 123. The first-order valence-corrected chi connectivity index (χ1v) is 5.35. The maximum Gasteiger partial charge on any atom is 0.156 e. The van der Waals surface area contributed by atoms with Crippen molar-refractivity contribution in [1.82, 2.24) is 0 Å². The van der Waals surface area contributed by atoms with Gasteiger partial charge in [-0.25, -0.2) is 0 Å². The Morgan fingerprint density at radius 2 is 1.27 bits per heavy atom. The smallest absolute Gasteiger partial charge is 0.156 e. The van der Waals surface area contributed by atoms with Crippen LogP contribution in [0.25, 0.3) is 0 Å². The zero-order chi connectivity index (χ0) is 12.5. The quantitative estimate of drug-likeness (QED) is 0.711. The van der Waals surface area contributed by atoms with Crippen LogP contribution in [0.4, 0.5) is 0 Å². The Hall–Kier alpha value is -0.160. The second-order valence-electron chi connectivity index (χ2n) is 4.22. The average molecular weight is 222 g/mol. The van der Waals surface area contributed by atoms with Gasteiger partial charge in [-0.1, -0.05) is 20.8 Å². The van der Waals surface area contributed by atoms with Crippen molar-refractivity contribution in [1.29, 1.82) is 0 Å². The topological polar surface area (TPSA) is 58.9 Å². The maximum absolute atomic E-state index is 8.44. The van der Waals surface area contributed by atoms with Crippen LogP contribution in [0, 0.1) is 5.41 Å². The SMILES string of the molecule is CC(C)(C)C(O)O.CCOC(C)OCC. The lowest BCUT2D eigenvalue weighted by Gasteiger charge is -2.19. The lowest BCUT2D eigenvalue weighted by Crippen LogP contribution is -2.24. The molecule has 0 saturated heterocycles. The fourth-order valence-electron chi connectivity index (χ4n) is 0.518. The number of aliphatic hydroxyl groups excluding tert-OH is 1. The lowest BCUT2D eigenvalue weighted by atomic mass is 9.96. The van der Waals surface area contributed by atoms with Crippen molar-refractivity contribution in [2.75, 3.05) is 13.2 Å². The summed E-state index contributed by atoms with van der Waals surface area (Å²) in [6.07, 6.45) is -1.24. The molecule has 0 aliphatic carbocycles. The van der Waals surface area contributed by atoms with E-state index in [0.717, 1.165) is 13.2 Å². The van der Waals surface area contributed by atoms with Gasteiger partial charge in [0.25, 0.3) is 0 Å². The first kappa shape index (κ1) is 17.2. The summed E-state index contributed by atoms with van der Waals surface area (Å²) in [4.78, 5) is 0. The van der Waals surface area contributed by atoms with Gasteiger partial charge in [0.2, 0.25) is 0 Å². The van der Waals surface area contributed by atoms with Crippen LogP contribution in [0.15, 0.2) is 0 Å². The summed E-state index contributed by atoms with van der Waals surface area (Å²) in [5.74, 6) is 0. The highest BCUT2D eigenvalue weighted by Gasteiger charge is 2.18. The van der Waals surface area contributed by atoms with E-state index in [9.17, 15) is 0 Å². The van der Waals surface area contributed by atoms with Crippen molar-refractivity contribution in [3.63, 3.8) is 0 Å². The Balaban J connectivity index is 0. The molecule has 2 N–H and O–H groups in total. The van der Waals surface area contributed by atoms with Crippen LogP contribution < -0.4 is 0 Å². The van der Waals surface area contributed by atoms with Gasteiger partial charge < -0.3 is 19.7 Å². The van der Waals surface area contributed by atoms with Gasteiger partial charge in [-0.15, -0.1) is 0 Å². The minimum atomic E-state index is -1.20. The highest BCUT2D eigenvalue weighted by molar-refractivity contribution is 4.61. The molecule has 0 saturated carbocycles. The second-order valence-corrected chi connectivity index (χ2v) is 4.22. The first-order valence-electron chi connectivity index (χ1n) is 5.35. The summed E-state index contributed by atoms with van der Waals surface area (Å²) in [5.41, 5.74) is -0.389. The second kappa shape index (κ2) is 9.09. The molecule has 0 aliphatic rings. The average Bonchev–Trinajstić information content (AvgIpc) is 2.04. The van der Waals surface area contributed by atoms with Gasteiger partial charge in [0.05, 0.1) is 0 Å². The summed E-state index contributed by atoms with van der Waals surface area (Å²) >= 11 is 0. The van der Waals surface area contributed by atoms with Crippen molar-refractivity contribution < 1.29 is 19.7 Å². The van der Waals surface area contributed by atoms with Crippen LogP contribution in [-0.2, 0) is 9.47 Å². The molecule has 0 heterocycles. The standard InChI is InChI=1S/C6H14O2.C5H12O2/c1-4-7-6(3)8-5-2;1-5(2,3)4(6)7/h6H,4-5H2,1-3H3;4,6-7H,1-3H3. The van der Waals surface area contributed by atoms with E-state index in [2.05, 4.69) is 0 Å². The van der Waals surface area contributed by atoms with Gasteiger partial charge in [0, 0.05) is 18.6 Å². The molecule has 0 aliphatic heterocycles. The van der Waals surface area contributed by atoms with Crippen molar-refractivity contribution in [2.24, 2.45) is 5.41 Å². The summed E-state index contributed by atoms with van der Waals surface area (Å²) in [7, 11) is 0.